The molecule has 0 aromatic carbocycles. The van der Waals surface area contributed by atoms with Crippen molar-refractivity contribution in [1.29, 1.82) is 0 Å². The summed E-state index contributed by atoms with van der Waals surface area (Å²) < 4.78 is 0. The van der Waals surface area contributed by atoms with Crippen LogP contribution in [0.1, 0.15) is 18.9 Å². The number of anilines is 1. The zero-order valence-electron chi connectivity index (χ0n) is 8.75. The molecule has 4 nitrogen and oxygen atoms in total. The molecule has 1 amide bonds. The molecule has 3 N–H and O–H groups in total. The van der Waals surface area contributed by atoms with Crippen LogP contribution < -0.4 is 11.1 Å². The lowest BCUT2D eigenvalue weighted by Crippen LogP contribution is -2.24. The molecule has 82 valence electrons. The molecule has 1 rings (SSSR count). The van der Waals surface area contributed by atoms with E-state index in [0.717, 1.165) is 5.56 Å². The fourth-order valence-electron chi connectivity index (χ4n) is 1.13. The summed E-state index contributed by atoms with van der Waals surface area (Å²) in [5.74, 6) is -0.153. The number of nitrogens with zero attached hydrogens (tertiary/aromatic N) is 1. The summed E-state index contributed by atoms with van der Waals surface area (Å²) in [6.07, 6.45) is 1.91. The molecule has 0 radical (unpaired) electrons. The SMILES string of the molecule is Cc1cnc(Cl)c(NC(=O)CC(C)N)c1. The summed E-state index contributed by atoms with van der Waals surface area (Å²) in [7, 11) is 0. The van der Waals surface area contributed by atoms with Gasteiger partial charge in [-0.3, -0.25) is 4.79 Å². The van der Waals surface area contributed by atoms with Gasteiger partial charge in [-0.05, 0) is 25.5 Å². The normalized spacial score (nSPS) is 12.3. The van der Waals surface area contributed by atoms with Crippen molar-refractivity contribution in [3.05, 3.63) is 23.0 Å². The molecule has 0 aliphatic rings. The molecule has 1 atom stereocenters. The van der Waals surface area contributed by atoms with Gasteiger partial charge in [0, 0.05) is 18.7 Å². The zero-order chi connectivity index (χ0) is 11.4. The third-order valence-electron chi connectivity index (χ3n) is 1.76. The van der Waals surface area contributed by atoms with Gasteiger partial charge in [0.1, 0.15) is 0 Å². The molecular weight excluding hydrogens is 214 g/mol. The van der Waals surface area contributed by atoms with Crippen molar-refractivity contribution < 1.29 is 4.79 Å². The summed E-state index contributed by atoms with van der Waals surface area (Å²) in [5, 5.41) is 2.96. The Hall–Kier alpha value is -1.13. The number of pyridine rings is 1. The smallest absolute Gasteiger partial charge is 0.226 e. The first-order valence-electron chi connectivity index (χ1n) is 4.66. The molecule has 0 bridgehead atoms. The standard InChI is InChI=1S/C10H14ClN3O/c1-6-3-8(10(11)13-5-6)14-9(15)4-7(2)12/h3,5,7H,4,12H2,1-2H3,(H,14,15). The molecule has 0 aliphatic carbocycles. The lowest BCUT2D eigenvalue weighted by Gasteiger charge is -2.08. The third kappa shape index (κ3) is 3.85. The average molecular weight is 228 g/mol. The van der Waals surface area contributed by atoms with E-state index < -0.39 is 0 Å². The predicted molar refractivity (Wildman–Crippen MR) is 60.9 cm³/mol. The molecule has 5 heteroatoms. The number of nitrogens with one attached hydrogen (secondary N) is 1. The van der Waals surface area contributed by atoms with Crippen LogP contribution in [0.15, 0.2) is 12.3 Å². The third-order valence-corrected chi connectivity index (χ3v) is 2.06. The Morgan fingerprint density at radius 3 is 3.00 bits per heavy atom. The van der Waals surface area contributed by atoms with Crippen molar-refractivity contribution >= 4 is 23.2 Å². The summed E-state index contributed by atoms with van der Waals surface area (Å²) in [6, 6.07) is 1.61. The number of halogens is 1. The molecule has 1 unspecified atom stereocenters. The minimum atomic E-state index is -0.165. The molecular formula is C10H14ClN3O. The van der Waals surface area contributed by atoms with Crippen LogP contribution in [-0.4, -0.2) is 16.9 Å². The van der Waals surface area contributed by atoms with E-state index in [-0.39, 0.29) is 18.4 Å². The predicted octanol–water partition coefficient (Wildman–Crippen LogP) is 1.72. The second-order valence-electron chi connectivity index (χ2n) is 3.58. The molecule has 0 spiro atoms. The van der Waals surface area contributed by atoms with Gasteiger partial charge in [0.05, 0.1) is 5.69 Å². The highest BCUT2D eigenvalue weighted by Gasteiger charge is 2.08. The number of hydrogen-bond acceptors (Lipinski definition) is 3. The number of aryl methyl sites for hydroxylation is 1. The Morgan fingerprint density at radius 1 is 1.73 bits per heavy atom. The molecule has 15 heavy (non-hydrogen) atoms. The lowest BCUT2D eigenvalue weighted by molar-refractivity contribution is -0.116. The molecule has 0 aliphatic heterocycles. The van der Waals surface area contributed by atoms with Crippen LogP contribution in [0.5, 0.6) is 0 Å². The minimum absolute atomic E-state index is 0.153. The first kappa shape index (κ1) is 11.9. The van der Waals surface area contributed by atoms with E-state index in [9.17, 15) is 4.79 Å². The van der Waals surface area contributed by atoms with E-state index in [4.69, 9.17) is 17.3 Å². The highest BCUT2D eigenvalue weighted by molar-refractivity contribution is 6.32. The Bertz CT molecular complexity index is 366. The van der Waals surface area contributed by atoms with E-state index in [1.807, 2.05) is 6.92 Å². The quantitative estimate of drug-likeness (QED) is 0.773. The van der Waals surface area contributed by atoms with Gasteiger partial charge in [-0.15, -0.1) is 0 Å². The molecule has 1 aromatic rings. The summed E-state index contributed by atoms with van der Waals surface area (Å²) in [6.45, 7) is 3.65. The van der Waals surface area contributed by atoms with Gasteiger partial charge in [0.15, 0.2) is 5.15 Å². The molecule has 1 heterocycles. The van der Waals surface area contributed by atoms with Crippen molar-refractivity contribution in [2.75, 3.05) is 5.32 Å². The maximum Gasteiger partial charge on any atom is 0.226 e. The highest BCUT2D eigenvalue weighted by atomic mass is 35.5. The highest BCUT2D eigenvalue weighted by Crippen LogP contribution is 2.19. The second kappa shape index (κ2) is 5.09. The van der Waals surface area contributed by atoms with Crippen LogP contribution in [0.3, 0.4) is 0 Å². The topological polar surface area (TPSA) is 68.0 Å². The lowest BCUT2D eigenvalue weighted by atomic mass is 10.2. The minimum Gasteiger partial charge on any atom is -0.327 e. The Morgan fingerprint density at radius 2 is 2.40 bits per heavy atom. The maximum absolute atomic E-state index is 11.4. The van der Waals surface area contributed by atoms with Gasteiger partial charge in [0.2, 0.25) is 5.91 Å². The molecule has 0 saturated carbocycles. The fraction of sp³-hybridized carbons (Fsp3) is 0.400. The first-order valence-corrected chi connectivity index (χ1v) is 5.04. The van der Waals surface area contributed by atoms with Gasteiger partial charge < -0.3 is 11.1 Å². The Labute approximate surface area is 93.8 Å². The van der Waals surface area contributed by atoms with E-state index in [2.05, 4.69) is 10.3 Å². The summed E-state index contributed by atoms with van der Waals surface area (Å²) >= 11 is 5.82. The van der Waals surface area contributed by atoms with E-state index in [0.29, 0.717) is 10.8 Å². The van der Waals surface area contributed by atoms with E-state index >= 15 is 0 Å². The summed E-state index contributed by atoms with van der Waals surface area (Å²) in [5.41, 5.74) is 6.98. The van der Waals surface area contributed by atoms with Crippen molar-refractivity contribution in [2.24, 2.45) is 5.73 Å². The molecule has 0 fully saturated rings. The van der Waals surface area contributed by atoms with Gasteiger partial charge in [-0.1, -0.05) is 11.6 Å². The van der Waals surface area contributed by atoms with E-state index in [1.54, 1.807) is 19.2 Å². The molecule has 1 aromatic heterocycles. The monoisotopic (exact) mass is 227 g/mol. The van der Waals surface area contributed by atoms with Crippen LogP contribution in [-0.2, 0) is 4.79 Å². The number of carbonyl (C=O) groups is 1. The fourth-order valence-corrected chi connectivity index (χ4v) is 1.28. The second-order valence-corrected chi connectivity index (χ2v) is 3.94. The summed E-state index contributed by atoms with van der Waals surface area (Å²) in [4.78, 5) is 15.3. The Kier molecular flexibility index (Phi) is 4.05. The van der Waals surface area contributed by atoms with Crippen molar-refractivity contribution in [1.82, 2.24) is 4.98 Å². The number of nitrogens with two attached hydrogens (primary N) is 1. The maximum atomic E-state index is 11.4. The van der Waals surface area contributed by atoms with Crippen LogP contribution in [0.4, 0.5) is 5.69 Å². The number of aromatic nitrogens is 1. The largest absolute Gasteiger partial charge is 0.327 e. The van der Waals surface area contributed by atoms with Crippen molar-refractivity contribution in [3.63, 3.8) is 0 Å². The van der Waals surface area contributed by atoms with E-state index in [1.165, 1.54) is 0 Å². The van der Waals surface area contributed by atoms with Crippen molar-refractivity contribution in [3.8, 4) is 0 Å². The van der Waals surface area contributed by atoms with Crippen LogP contribution in [0, 0.1) is 6.92 Å². The first-order chi connectivity index (χ1) is 6.99. The average Bonchev–Trinajstić information content (AvgIpc) is 2.10. The number of carbonyl (C=O) groups excluding carboxylic acids is 1. The van der Waals surface area contributed by atoms with Crippen molar-refractivity contribution in [2.45, 2.75) is 26.3 Å². The van der Waals surface area contributed by atoms with Crippen LogP contribution in [0.25, 0.3) is 0 Å². The van der Waals surface area contributed by atoms with Crippen LogP contribution in [0.2, 0.25) is 5.15 Å². The Balaban J connectivity index is 2.71. The number of rotatable bonds is 3. The van der Waals surface area contributed by atoms with Gasteiger partial charge in [0.25, 0.3) is 0 Å². The van der Waals surface area contributed by atoms with Gasteiger partial charge >= 0.3 is 0 Å². The van der Waals surface area contributed by atoms with Gasteiger partial charge in [-0.25, -0.2) is 4.98 Å². The number of amides is 1. The van der Waals surface area contributed by atoms with Gasteiger partial charge in [-0.2, -0.15) is 0 Å². The zero-order valence-corrected chi connectivity index (χ0v) is 9.51. The molecule has 0 saturated heterocycles. The van der Waals surface area contributed by atoms with Crippen LogP contribution >= 0.6 is 11.6 Å². The number of hydrogen-bond donors (Lipinski definition) is 2.